The van der Waals surface area contributed by atoms with Gasteiger partial charge in [-0.2, -0.15) is 8.42 Å². The highest BCUT2D eigenvalue weighted by Crippen LogP contribution is 2.41. The molecule has 8 nitrogen and oxygen atoms in total. The number of aromatic nitrogens is 2. The first-order chi connectivity index (χ1) is 11.3. The second kappa shape index (κ2) is 5.52. The normalized spacial score (nSPS) is 15.6. The molecule has 0 saturated heterocycles. The van der Waals surface area contributed by atoms with E-state index in [1.54, 1.807) is 26.0 Å². The molecule has 1 aliphatic rings. The van der Waals surface area contributed by atoms with Crippen molar-refractivity contribution >= 4 is 27.4 Å². The molecule has 0 amide bonds. The lowest BCUT2D eigenvalue weighted by molar-refractivity contribution is 0.103. The SMILES string of the molecule is CCN1c2ccc(C(=O)c3c[nH]n(C)c3=O)cc2N(CC)S1(=O)=O. The lowest BCUT2D eigenvalue weighted by Crippen LogP contribution is -2.37. The molecule has 1 N–H and O–H groups in total. The number of hydrogen-bond donors (Lipinski definition) is 1. The zero-order valence-corrected chi connectivity index (χ0v) is 14.4. The summed E-state index contributed by atoms with van der Waals surface area (Å²) in [5, 5.41) is 2.66. The summed E-state index contributed by atoms with van der Waals surface area (Å²) in [6.45, 7) is 4.05. The van der Waals surface area contributed by atoms with E-state index >= 15 is 0 Å². The Kier molecular flexibility index (Phi) is 3.75. The van der Waals surface area contributed by atoms with Crippen LogP contribution in [0.3, 0.4) is 0 Å². The van der Waals surface area contributed by atoms with Crippen molar-refractivity contribution in [2.24, 2.45) is 7.05 Å². The first kappa shape index (κ1) is 16.3. The van der Waals surface area contributed by atoms with E-state index in [4.69, 9.17) is 0 Å². The molecule has 3 rings (SSSR count). The lowest BCUT2D eigenvalue weighted by Gasteiger charge is -2.18. The van der Waals surface area contributed by atoms with Crippen molar-refractivity contribution in [3.05, 3.63) is 45.9 Å². The fraction of sp³-hybridized carbons (Fsp3) is 0.333. The topological polar surface area (TPSA) is 95.5 Å². The van der Waals surface area contributed by atoms with E-state index in [1.165, 1.54) is 32.6 Å². The second-order valence-corrected chi connectivity index (χ2v) is 7.20. The quantitative estimate of drug-likeness (QED) is 0.827. The number of ketones is 1. The average molecular weight is 350 g/mol. The maximum atomic E-state index is 12.6. The van der Waals surface area contributed by atoms with Gasteiger partial charge in [-0.3, -0.25) is 22.9 Å². The van der Waals surface area contributed by atoms with Crippen LogP contribution in [0.15, 0.2) is 29.2 Å². The van der Waals surface area contributed by atoms with Gasteiger partial charge in [0.1, 0.15) is 5.56 Å². The number of hydrogen-bond acceptors (Lipinski definition) is 4. The van der Waals surface area contributed by atoms with Crippen LogP contribution in [0.2, 0.25) is 0 Å². The van der Waals surface area contributed by atoms with Crippen LogP contribution in [-0.2, 0) is 17.3 Å². The van der Waals surface area contributed by atoms with Crippen LogP contribution in [-0.4, -0.2) is 37.1 Å². The molecule has 0 atom stereocenters. The van der Waals surface area contributed by atoms with Gasteiger partial charge in [0, 0.05) is 31.9 Å². The molecule has 128 valence electrons. The van der Waals surface area contributed by atoms with Crippen molar-refractivity contribution in [2.75, 3.05) is 21.7 Å². The van der Waals surface area contributed by atoms with Gasteiger partial charge >= 0.3 is 10.2 Å². The van der Waals surface area contributed by atoms with Crippen LogP contribution in [0.4, 0.5) is 11.4 Å². The predicted octanol–water partition coefficient (Wildman–Crippen LogP) is 0.855. The third kappa shape index (κ3) is 2.15. The molecular weight excluding hydrogens is 332 g/mol. The van der Waals surface area contributed by atoms with Crippen LogP contribution in [0.25, 0.3) is 0 Å². The molecule has 0 radical (unpaired) electrons. The summed E-state index contributed by atoms with van der Waals surface area (Å²) >= 11 is 0. The zero-order valence-electron chi connectivity index (χ0n) is 13.6. The number of fused-ring (bicyclic) bond motifs is 1. The Morgan fingerprint density at radius 3 is 2.29 bits per heavy atom. The van der Waals surface area contributed by atoms with Gasteiger partial charge in [-0.1, -0.05) is 0 Å². The summed E-state index contributed by atoms with van der Waals surface area (Å²) in [5.74, 6) is -0.442. The van der Waals surface area contributed by atoms with Crippen LogP contribution in [0.1, 0.15) is 29.8 Å². The van der Waals surface area contributed by atoms with E-state index in [1.807, 2.05) is 0 Å². The lowest BCUT2D eigenvalue weighted by atomic mass is 10.0. The van der Waals surface area contributed by atoms with Crippen LogP contribution in [0.5, 0.6) is 0 Å². The molecule has 24 heavy (non-hydrogen) atoms. The van der Waals surface area contributed by atoms with Crippen LogP contribution < -0.4 is 14.2 Å². The van der Waals surface area contributed by atoms with Gasteiger partial charge < -0.3 is 5.10 Å². The maximum absolute atomic E-state index is 12.6. The van der Waals surface area contributed by atoms with Gasteiger partial charge in [-0.15, -0.1) is 0 Å². The summed E-state index contributed by atoms with van der Waals surface area (Å²) in [6.07, 6.45) is 1.35. The number of aryl methyl sites for hydroxylation is 1. The number of nitrogens with zero attached hydrogens (tertiary/aromatic N) is 3. The fourth-order valence-corrected chi connectivity index (χ4v) is 4.58. The molecule has 2 heterocycles. The number of anilines is 2. The number of carbonyl (C=O) groups is 1. The largest absolute Gasteiger partial charge is 0.326 e. The molecule has 0 unspecified atom stereocenters. The van der Waals surface area contributed by atoms with E-state index in [0.717, 1.165) is 0 Å². The Bertz CT molecular complexity index is 974. The Labute approximate surface area is 139 Å². The summed E-state index contributed by atoms with van der Waals surface area (Å²) in [4.78, 5) is 24.5. The second-order valence-electron chi connectivity index (χ2n) is 5.42. The van der Waals surface area contributed by atoms with E-state index in [2.05, 4.69) is 5.10 Å². The van der Waals surface area contributed by atoms with Gasteiger partial charge in [0.2, 0.25) is 0 Å². The Balaban J connectivity index is 2.12. The molecule has 9 heteroatoms. The van der Waals surface area contributed by atoms with E-state index in [0.29, 0.717) is 17.9 Å². The number of H-pyrrole nitrogens is 1. The minimum absolute atomic E-state index is 0.0219. The van der Waals surface area contributed by atoms with E-state index in [-0.39, 0.29) is 17.7 Å². The monoisotopic (exact) mass is 350 g/mol. The van der Waals surface area contributed by atoms with Gasteiger partial charge in [-0.05, 0) is 32.0 Å². The third-order valence-electron chi connectivity index (χ3n) is 4.09. The van der Waals surface area contributed by atoms with E-state index in [9.17, 15) is 18.0 Å². The Hall–Kier alpha value is -2.55. The summed E-state index contributed by atoms with van der Waals surface area (Å²) < 4.78 is 28.8. The minimum Gasteiger partial charge on any atom is -0.302 e. The number of aromatic amines is 1. The van der Waals surface area contributed by atoms with E-state index < -0.39 is 21.6 Å². The van der Waals surface area contributed by atoms with Crippen molar-refractivity contribution in [3.63, 3.8) is 0 Å². The van der Waals surface area contributed by atoms with Crippen molar-refractivity contribution < 1.29 is 13.2 Å². The van der Waals surface area contributed by atoms with Crippen LogP contribution >= 0.6 is 0 Å². The molecule has 0 bridgehead atoms. The highest BCUT2D eigenvalue weighted by atomic mass is 32.2. The molecule has 0 fully saturated rings. The minimum atomic E-state index is -3.61. The highest BCUT2D eigenvalue weighted by molar-refractivity contribution is 7.94. The first-order valence-electron chi connectivity index (χ1n) is 7.56. The molecule has 1 aromatic heterocycles. The Morgan fingerprint density at radius 1 is 1.12 bits per heavy atom. The summed E-state index contributed by atoms with van der Waals surface area (Å²) in [6, 6.07) is 4.68. The summed E-state index contributed by atoms with van der Waals surface area (Å²) in [5.41, 5.74) is 0.872. The number of rotatable bonds is 4. The first-order valence-corrected chi connectivity index (χ1v) is 8.96. The maximum Gasteiger partial charge on any atom is 0.326 e. The predicted molar refractivity (Wildman–Crippen MR) is 90.9 cm³/mol. The van der Waals surface area contributed by atoms with Gasteiger partial charge in [0.05, 0.1) is 11.4 Å². The fourth-order valence-electron chi connectivity index (χ4n) is 2.89. The van der Waals surface area contributed by atoms with Gasteiger partial charge in [-0.25, -0.2) is 0 Å². The smallest absolute Gasteiger partial charge is 0.302 e. The number of nitrogens with one attached hydrogen (secondary N) is 1. The van der Waals surface area contributed by atoms with Crippen LogP contribution in [0, 0.1) is 0 Å². The van der Waals surface area contributed by atoms with Gasteiger partial charge in [0.15, 0.2) is 5.78 Å². The van der Waals surface area contributed by atoms with Crippen molar-refractivity contribution in [3.8, 4) is 0 Å². The third-order valence-corrected chi connectivity index (χ3v) is 6.11. The zero-order chi connectivity index (χ0) is 17.6. The number of benzene rings is 1. The van der Waals surface area contributed by atoms with Crippen molar-refractivity contribution in [2.45, 2.75) is 13.8 Å². The molecule has 1 aromatic carbocycles. The molecule has 0 spiro atoms. The molecule has 0 saturated carbocycles. The Morgan fingerprint density at radius 2 is 1.75 bits per heavy atom. The molecular formula is C15H18N4O4S. The van der Waals surface area contributed by atoms with Crippen molar-refractivity contribution in [1.82, 2.24) is 9.78 Å². The highest BCUT2D eigenvalue weighted by Gasteiger charge is 2.38. The van der Waals surface area contributed by atoms with Gasteiger partial charge in [0.25, 0.3) is 5.56 Å². The average Bonchev–Trinajstić information content (AvgIpc) is 2.99. The van der Waals surface area contributed by atoms with Crippen molar-refractivity contribution in [1.29, 1.82) is 0 Å². The summed E-state index contributed by atoms with van der Waals surface area (Å²) in [7, 11) is -2.09. The molecule has 2 aromatic rings. The number of carbonyl (C=O) groups excluding carboxylic acids is 1. The molecule has 1 aliphatic heterocycles. The standard InChI is InChI=1S/C15H18N4O4S/c1-4-18-12-7-6-10(8-13(12)19(5-2)24(18,22)23)14(20)11-9-16-17(3)15(11)21/h6-9,16H,4-5H2,1-3H3. The molecule has 0 aliphatic carbocycles.